The van der Waals surface area contributed by atoms with Gasteiger partial charge in [0.15, 0.2) is 0 Å². The molecular formula is C19H29N3O2. The summed E-state index contributed by atoms with van der Waals surface area (Å²) in [6, 6.07) is 6.94. The molecule has 2 heterocycles. The van der Waals surface area contributed by atoms with Gasteiger partial charge in [-0.3, -0.25) is 4.79 Å². The smallest absolute Gasteiger partial charge is 0.220 e. The van der Waals surface area contributed by atoms with E-state index in [2.05, 4.69) is 42.3 Å². The fourth-order valence-electron chi connectivity index (χ4n) is 3.71. The first kappa shape index (κ1) is 17.1. The van der Waals surface area contributed by atoms with Gasteiger partial charge in [-0.25, -0.2) is 0 Å². The molecule has 1 aromatic carbocycles. The highest BCUT2D eigenvalue weighted by Gasteiger charge is 2.26. The number of rotatable bonds is 5. The highest BCUT2D eigenvalue weighted by molar-refractivity contribution is 5.76. The molecule has 0 aromatic heterocycles. The van der Waals surface area contributed by atoms with Crippen LogP contribution in [0.3, 0.4) is 0 Å². The summed E-state index contributed by atoms with van der Waals surface area (Å²) in [6.45, 7) is 7.21. The van der Waals surface area contributed by atoms with Crippen molar-refractivity contribution >= 4 is 11.6 Å². The first-order valence-corrected chi connectivity index (χ1v) is 9.13. The number of anilines is 1. The average molecular weight is 331 g/mol. The lowest BCUT2D eigenvalue weighted by atomic mass is 9.94. The topological polar surface area (TPSA) is 67.6 Å². The van der Waals surface area contributed by atoms with Gasteiger partial charge < -0.3 is 20.7 Å². The predicted molar refractivity (Wildman–Crippen MR) is 96.3 cm³/mol. The Kier molecular flexibility index (Phi) is 5.29. The number of fused-ring (bicyclic) bond motifs is 1. The van der Waals surface area contributed by atoms with E-state index < -0.39 is 0 Å². The van der Waals surface area contributed by atoms with Crippen LogP contribution in [-0.4, -0.2) is 42.6 Å². The van der Waals surface area contributed by atoms with Gasteiger partial charge in [-0.05, 0) is 63.4 Å². The van der Waals surface area contributed by atoms with Crippen molar-refractivity contribution in [1.29, 1.82) is 0 Å². The van der Waals surface area contributed by atoms with Crippen molar-refractivity contribution in [1.82, 2.24) is 4.90 Å². The van der Waals surface area contributed by atoms with E-state index in [1.165, 1.54) is 5.56 Å². The van der Waals surface area contributed by atoms with Gasteiger partial charge in [-0.2, -0.15) is 0 Å². The van der Waals surface area contributed by atoms with E-state index in [0.29, 0.717) is 6.04 Å². The number of nitrogens with one attached hydrogen (secondary N) is 1. The zero-order chi connectivity index (χ0) is 17.1. The monoisotopic (exact) mass is 331 g/mol. The number of hydrogen-bond acceptors (Lipinski definition) is 4. The molecule has 0 aliphatic carbocycles. The van der Waals surface area contributed by atoms with Crippen molar-refractivity contribution in [3.63, 3.8) is 0 Å². The number of piperidine rings is 1. The van der Waals surface area contributed by atoms with E-state index in [4.69, 9.17) is 10.5 Å². The molecule has 0 saturated carbocycles. The Morgan fingerprint density at radius 3 is 2.83 bits per heavy atom. The zero-order valence-corrected chi connectivity index (χ0v) is 14.8. The molecule has 0 spiro atoms. The number of nitrogens with zero attached hydrogens (tertiary/aromatic N) is 1. The highest BCUT2D eigenvalue weighted by atomic mass is 16.5. The number of carbonyl (C=O) groups excluding carboxylic acids is 1. The van der Waals surface area contributed by atoms with Crippen LogP contribution in [0, 0.1) is 5.92 Å². The van der Waals surface area contributed by atoms with Crippen molar-refractivity contribution < 1.29 is 9.53 Å². The van der Waals surface area contributed by atoms with E-state index in [1.807, 2.05) is 0 Å². The van der Waals surface area contributed by atoms with Crippen molar-refractivity contribution in [2.24, 2.45) is 11.7 Å². The molecule has 0 bridgehead atoms. The zero-order valence-electron chi connectivity index (χ0n) is 14.8. The molecular weight excluding hydrogens is 302 g/mol. The van der Waals surface area contributed by atoms with Gasteiger partial charge in [0.2, 0.25) is 5.91 Å². The Morgan fingerprint density at radius 1 is 1.42 bits per heavy atom. The molecule has 132 valence electrons. The quantitative estimate of drug-likeness (QED) is 0.869. The molecule has 0 radical (unpaired) electrons. The molecule has 1 fully saturated rings. The molecule has 1 saturated heterocycles. The molecule has 3 rings (SSSR count). The Bertz CT molecular complexity index is 582. The molecule has 5 nitrogen and oxygen atoms in total. The number of nitrogens with two attached hydrogens (primary N) is 1. The lowest BCUT2D eigenvalue weighted by Gasteiger charge is -2.35. The van der Waals surface area contributed by atoms with Crippen LogP contribution in [0.2, 0.25) is 0 Å². The SMILES string of the molecule is CCC1CNc2cc(CC(C)N3CCC(C(N)=O)CC3)ccc2O1. The van der Waals surface area contributed by atoms with Gasteiger partial charge in [0.05, 0.1) is 12.2 Å². The Labute approximate surface area is 144 Å². The van der Waals surface area contributed by atoms with Crippen LogP contribution in [0.1, 0.15) is 38.7 Å². The van der Waals surface area contributed by atoms with Crippen LogP contribution in [0.4, 0.5) is 5.69 Å². The third-order valence-electron chi connectivity index (χ3n) is 5.40. The molecule has 3 N–H and O–H groups in total. The van der Waals surface area contributed by atoms with Crippen molar-refractivity contribution in [2.45, 2.75) is 51.7 Å². The van der Waals surface area contributed by atoms with Crippen LogP contribution in [0.15, 0.2) is 18.2 Å². The Hall–Kier alpha value is -1.75. The normalized spacial score (nSPS) is 23.0. The average Bonchev–Trinajstić information content (AvgIpc) is 2.61. The fraction of sp³-hybridized carbons (Fsp3) is 0.632. The lowest BCUT2D eigenvalue weighted by molar-refractivity contribution is -0.123. The minimum atomic E-state index is -0.145. The molecule has 1 amide bonds. The maximum atomic E-state index is 11.3. The summed E-state index contributed by atoms with van der Waals surface area (Å²) in [6.07, 6.45) is 4.07. The number of likely N-dealkylation sites (tertiary alicyclic amines) is 1. The number of ether oxygens (including phenoxy) is 1. The summed E-state index contributed by atoms with van der Waals surface area (Å²) in [5, 5.41) is 3.49. The minimum Gasteiger partial charge on any atom is -0.486 e. The van der Waals surface area contributed by atoms with Crippen molar-refractivity contribution in [2.75, 3.05) is 25.0 Å². The van der Waals surface area contributed by atoms with E-state index >= 15 is 0 Å². The largest absolute Gasteiger partial charge is 0.486 e. The van der Waals surface area contributed by atoms with E-state index in [1.54, 1.807) is 0 Å². The first-order valence-electron chi connectivity index (χ1n) is 9.13. The summed E-state index contributed by atoms with van der Waals surface area (Å²) >= 11 is 0. The molecule has 1 aromatic rings. The molecule has 2 unspecified atom stereocenters. The van der Waals surface area contributed by atoms with E-state index in [0.717, 1.165) is 56.8 Å². The molecule has 24 heavy (non-hydrogen) atoms. The Balaban J connectivity index is 1.57. The van der Waals surface area contributed by atoms with Crippen molar-refractivity contribution in [3.05, 3.63) is 23.8 Å². The second-order valence-electron chi connectivity index (χ2n) is 7.13. The number of carbonyl (C=O) groups is 1. The van der Waals surface area contributed by atoms with Gasteiger partial charge in [0, 0.05) is 12.0 Å². The highest BCUT2D eigenvalue weighted by Crippen LogP contribution is 2.31. The minimum absolute atomic E-state index is 0.0602. The lowest BCUT2D eigenvalue weighted by Crippen LogP contribution is -2.43. The Morgan fingerprint density at radius 2 is 2.17 bits per heavy atom. The van der Waals surface area contributed by atoms with Crippen LogP contribution >= 0.6 is 0 Å². The number of amides is 1. The second kappa shape index (κ2) is 7.43. The number of hydrogen-bond donors (Lipinski definition) is 2. The first-order chi connectivity index (χ1) is 11.6. The molecule has 2 aliphatic rings. The molecule has 2 atom stereocenters. The maximum absolute atomic E-state index is 11.3. The standard InChI is InChI=1S/C19H29N3O2/c1-3-16-12-21-17-11-14(4-5-18(17)24-16)10-13(2)22-8-6-15(7-9-22)19(20)23/h4-5,11,13,15-16,21H,3,6-10,12H2,1-2H3,(H2,20,23). The molecule has 5 heteroatoms. The predicted octanol–water partition coefficient (Wildman–Crippen LogP) is 2.40. The van der Waals surface area contributed by atoms with E-state index in [9.17, 15) is 4.79 Å². The summed E-state index contributed by atoms with van der Waals surface area (Å²) in [4.78, 5) is 13.8. The number of benzene rings is 1. The van der Waals surface area contributed by atoms with Crippen molar-refractivity contribution in [3.8, 4) is 5.75 Å². The van der Waals surface area contributed by atoms with Crippen LogP contribution in [0.5, 0.6) is 5.75 Å². The van der Waals surface area contributed by atoms with Crippen LogP contribution in [-0.2, 0) is 11.2 Å². The fourth-order valence-corrected chi connectivity index (χ4v) is 3.71. The van der Waals surface area contributed by atoms with Gasteiger partial charge in [-0.1, -0.05) is 13.0 Å². The number of primary amides is 1. The maximum Gasteiger partial charge on any atom is 0.220 e. The summed E-state index contributed by atoms with van der Waals surface area (Å²) in [5.41, 5.74) is 7.85. The van der Waals surface area contributed by atoms with Gasteiger partial charge in [-0.15, -0.1) is 0 Å². The van der Waals surface area contributed by atoms with Gasteiger partial charge in [0.1, 0.15) is 11.9 Å². The summed E-state index contributed by atoms with van der Waals surface area (Å²) in [7, 11) is 0. The van der Waals surface area contributed by atoms with Crippen LogP contribution < -0.4 is 15.8 Å². The van der Waals surface area contributed by atoms with Gasteiger partial charge in [0.25, 0.3) is 0 Å². The van der Waals surface area contributed by atoms with E-state index in [-0.39, 0.29) is 17.9 Å². The van der Waals surface area contributed by atoms with Gasteiger partial charge >= 0.3 is 0 Å². The molecule has 2 aliphatic heterocycles. The third-order valence-corrected chi connectivity index (χ3v) is 5.40. The third kappa shape index (κ3) is 3.83. The summed E-state index contributed by atoms with van der Waals surface area (Å²) in [5.74, 6) is 0.880. The van der Waals surface area contributed by atoms with Crippen LogP contribution in [0.25, 0.3) is 0 Å². The second-order valence-corrected chi connectivity index (χ2v) is 7.13. The summed E-state index contributed by atoms with van der Waals surface area (Å²) < 4.78 is 5.97.